The molecule has 0 spiro atoms. The molecule has 0 aliphatic carbocycles. The van der Waals surface area contributed by atoms with Crippen LogP contribution in [0.15, 0.2) is 0 Å². The average molecular weight is 159 g/mol. The summed E-state index contributed by atoms with van der Waals surface area (Å²) in [7, 11) is 0. The van der Waals surface area contributed by atoms with Crippen molar-refractivity contribution in [3.8, 4) is 0 Å². The second-order valence-corrected chi connectivity index (χ2v) is 1.90. The summed E-state index contributed by atoms with van der Waals surface area (Å²) in [6.45, 7) is 0. The van der Waals surface area contributed by atoms with Gasteiger partial charge in [0.05, 0.1) is 0 Å². The fourth-order valence-electron chi connectivity index (χ4n) is 0.532. The van der Waals surface area contributed by atoms with E-state index >= 15 is 0 Å². The Labute approximate surface area is 61.3 Å². The number of Topliss-reactive ketones (excluding diaryl/α,β-unsaturated/α-hetero) is 1. The molecule has 1 fully saturated rings. The van der Waals surface area contributed by atoms with Crippen molar-refractivity contribution in [1.82, 2.24) is 5.48 Å². The molecule has 0 saturated carbocycles. The van der Waals surface area contributed by atoms with Gasteiger partial charge in [0.25, 0.3) is 0 Å². The fraction of sp³-hybridized carbons (Fsp3) is 0.400. The Balaban J connectivity index is 2.54. The van der Waals surface area contributed by atoms with Crippen LogP contribution in [0.5, 0.6) is 0 Å². The molecule has 0 atom stereocenters. The molecule has 0 aromatic rings. The fourth-order valence-corrected chi connectivity index (χ4v) is 0.532. The van der Waals surface area contributed by atoms with E-state index in [1.165, 1.54) is 0 Å². The number of carbonyl (C=O) groups excluding carboxylic acids is 3. The van der Waals surface area contributed by atoms with Crippen molar-refractivity contribution in [3.63, 3.8) is 0 Å². The lowest BCUT2D eigenvalue weighted by Crippen LogP contribution is -2.31. The van der Waals surface area contributed by atoms with Crippen LogP contribution in [0.3, 0.4) is 0 Å². The largest absolute Gasteiger partial charge is 0.411 e. The second-order valence-electron chi connectivity index (χ2n) is 1.90. The number of amides is 1. The summed E-state index contributed by atoms with van der Waals surface area (Å²) >= 11 is 0. The number of hydrogen-bond acceptors (Lipinski definition) is 5. The zero-order chi connectivity index (χ0) is 8.27. The summed E-state index contributed by atoms with van der Waals surface area (Å²) in [5.41, 5.74) is 1.80. The quantitative estimate of drug-likeness (QED) is 0.356. The Kier molecular flexibility index (Phi) is 2.17. The predicted molar refractivity (Wildman–Crippen MR) is 29.6 cm³/mol. The minimum absolute atomic E-state index is 0.0616. The molecule has 6 heteroatoms. The first kappa shape index (κ1) is 7.67. The van der Waals surface area contributed by atoms with Crippen LogP contribution < -0.4 is 5.48 Å². The molecule has 0 radical (unpaired) electrons. The van der Waals surface area contributed by atoms with E-state index in [0.717, 1.165) is 0 Å². The van der Waals surface area contributed by atoms with E-state index in [-0.39, 0.29) is 12.8 Å². The van der Waals surface area contributed by atoms with Crippen LogP contribution in [0.2, 0.25) is 0 Å². The lowest BCUT2D eigenvalue weighted by atomic mass is 10.2. The molecule has 6 nitrogen and oxygen atoms in total. The lowest BCUT2D eigenvalue weighted by molar-refractivity contribution is -0.300. The maximum absolute atomic E-state index is 10.6. The van der Waals surface area contributed by atoms with E-state index in [1.54, 1.807) is 5.48 Å². The number of carbonyl (C=O) groups is 3. The molecular weight excluding hydrogens is 154 g/mol. The summed E-state index contributed by atoms with van der Waals surface area (Å²) in [6, 6.07) is 0. The van der Waals surface area contributed by atoms with Gasteiger partial charge < -0.3 is 0 Å². The maximum atomic E-state index is 10.6. The number of rotatable bonds is 0. The highest BCUT2D eigenvalue weighted by Crippen LogP contribution is 1.97. The van der Waals surface area contributed by atoms with Gasteiger partial charge in [-0.15, -0.1) is 0 Å². The highest BCUT2D eigenvalue weighted by molar-refractivity contribution is 6.33. The topological polar surface area (TPSA) is 81.7 Å². The van der Waals surface area contributed by atoms with Crippen molar-refractivity contribution in [1.29, 1.82) is 0 Å². The Morgan fingerprint density at radius 2 is 1.91 bits per heavy atom. The van der Waals surface area contributed by atoms with Crippen molar-refractivity contribution in [3.05, 3.63) is 0 Å². The zero-order valence-corrected chi connectivity index (χ0v) is 5.46. The highest BCUT2D eigenvalue weighted by Gasteiger charge is 2.21. The van der Waals surface area contributed by atoms with E-state index in [1.807, 2.05) is 0 Å². The molecule has 1 rings (SSSR count). The van der Waals surface area contributed by atoms with Gasteiger partial charge in [0, 0.05) is 12.8 Å². The van der Waals surface area contributed by atoms with Crippen LogP contribution in [0.4, 0.5) is 0 Å². The third kappa shape index (κ3) is 2.01. The van der Waals surface area contributed by atoms with Gasteiger partial charge in [-0.2, -0.15) is 5.48 Å². The zero-order valence-electron chi connectivity index (χ0n) is 5.46. The van der Waals surface area contributed by atoms with Gasteiger partial charge in [0.1, 0.15) is 0 Å². The van der Waals surface area contributed by atoms with Gasteiger partial charge >= 0.3 is 5.97 Å². The summed E-state index contributed by atoms with van der Waals surface area (Å²) in [5.74, 6) is -2.35. The van der Waals surface area contributed by atoms with Crippen molar-refractivity contribution in [2.75, 3.05) is 0 Å². The van der Waals surface area contributed by atoms with Crippen LogP contribution in [0, 0.1) is 0 Å². The minimum atomic E-state index is -1.09. The number of hydroxylamine groups is 1. The highest BCUT2D eigenvalue weighted by atomic mass is 17.3. The van der Waals surface area contributed by atoms with E-state index in [4.69, 9.17) is 0 Å². The average Bonchev–Trinajstić information content (AvgIpc) is 1.98. The van der Waals surface area contributed by atoms with Crippen LogP contribution in [-0.2, 0) is 24.3 Å². The molecule has 1 amide bonds. The van der Waals surface area contributed by atoms with Gasteiger partial charge in [-0.1, -0.05) is 4.99 Å². The smallest absolute Gasteiger partial charge is 0.287 e. The molecular formula is C5H5NO5. The molecule has 1 aliphatic heterocycles. The first-order valence-corrected chi connectivity index (χ1v) is 2.89. The maximum Gasteiger partial charge on any atom is 0.411 e. The molecule has 1 saturated heterocycles. The molecule has 0 aromatic carbocycles. The minimum Gasteiger partial charge on any atom is -0.287 e. The van der Waals surface area contributed by atoms with E-state index in [0.29, 0.717) is 0 Å². The third-order valence-corrected chi connectivity index (χ3v) is 1.08. The lowest BCUT2D eigenvalue weighted by Gasteiger charge is -2.06. The van der Waals surface area contributed by atoms with Crippen LogP contribution in [0.25, 0.3) is 0 Å². The Morgan fingerprint density at radius 1 is 1.18 bits per heavy atom. The number of ketones is 1. The van der Waals surface area contributed by atoms with E-state index < -0.39 is 17.7 Å². The first-order valence-electron chi connectivity index (χ1n) is 2.89. The second kappa shape index (κ2) is 3.11. The first-order chi connectivity index (χ1) is 5.20. The summed E-state index contributed by atoms with van der Waals surface area (Å²) in [5, 5.41) is 0. The normalized spacial score (nSPS) is 19.8. The summed E-state index contributed by atoms with van der Waals surface area (Å²) < 4.78 is 0. The predicted octanol–water partition coefficient (Wildman–Crippen LogP) is -1.14. The monoisotopic (exact) mass is 159 g/mol. The van der Waals surface area contributed by atoms with Crippen molar-refractivity contribution >= 4 is 17.7 Å². The molecule has 0 bridgehead atoms. The Hall–Kier alpha value is -1.43. The molecule has 0 unspecified atom stereocenters. The van der Waals surface area contributed by atoms with E-state index in [9.17, 15) is 14.4 Å². The number of nitrogens with one attached hydrogen (secondary N) is 1. The standard InChI is InChI=1S/C5H5NO5/c7-3-1-2-4(8)6-11-10-5(3)9/h1-2H2,(H,6,8). The molecule has 60 valence electrons. The number of hydrogen-bond donors (Lipinski definition) is 1. The SMILES string of the molecule is O=C1CCC(=O)C(=O)OON1. The van der Waals surface area contributed by atoms with Crippen LogP contribution >= 0.6 is 0 Å². The van der Waals surface area contributed by atoms with Crippen molar-refractivity contribution < 1.29 is 24.3 Å². The van der Waals surface area contributed by atoms with Gasteiger partial charge in [-0.05, 0) is 0 Å². The summed E-state index contributed by atoms with van der Waals surface area (Å²) in [6.07, 6.45) is -0.206. The molecule has 1 aliphatic rings. The van der Waals surface area contributed by atoms with E-state index in [2.05, 4.69) is 9.88 Å². The molecule has 11 heavy (non-hydrogen) atoms. The Morgan fingerprint density at radius 3 is 2.64 bits per heavy atom. The van der Waals surface area contributed by atoms with Crippen LogP contribution in [0.1, 0.15) is 12.8 Å². The van der Waals surface area contributed by atoms with Gasteiger partial charge in [0.2, 0.25) is 11.7 Å². The van der Waals surface area contributed by atoms with Crippen molar-refractivity contribution in [2.24, 2.45) is 0 Å². The van der Waals surface area contributed by atoms with Gasteiger partial charge in [-0.3, -0.25) is 14.5 Å². The molecule has 1 N–H and O–H groups in total. The van der Waals surface area contributed by atoms with Gasteiger partial charge in [-0.25, -0.2) is 4.79 Å². The van der Waals surface area contributed by atoms with Crippen LogP contribution in [-0.4, -0.2) is 17.7 Å². The van der Waals surface area contributed by atoms with Gasteiger partial charge in [0.15, 0.2) is 0 Å². The molecule has 1 heterocycles. The third-order valence-electron chi connectivity index (χ3n) is 1.08. The summed E-state index contributed by atoms with van der Waals surface area (Å²) in [4.78, 5) is 39.3. The molecule has 0 aromatic heterocycles. The van der Waals surface area contributed by atoms with Crippen molar-refractivity contribution in [2.45, 2.75) is 12.8 Å². The Bertz CT molecular complexity index is 211.